The maximum Gasteiger partial charge on any atom is 0.326 e. The van der Waals surface area contributed by atoms with Gasteiger partial charge in [-0.1, -0.05) is 19.8 Å². The zero-order valence-electron chi connectivity index (χ0n) is 11.6. The molecule has 106 valence electrons. The highest BCUT2D eigenvalue weighted by Crippen LogP contribution is 2.05. The molecular weight excluding hydrogens is 236 g/mol. The normalized spacial score (nSPS) is 12.9. The second-order valence-electron chi connectivity index (χ2n) is 4.82. The topological polar surface area (TPSA) is 87.7 Å². The second-order valence-corrected chi connectivity index (χ2v) is 4.82. The van der Waals surface area contributed by atoms with Crippen LogP contribution in [0.2, 0.25) is 0 Å². The summed E-state index contributed by atoms with van der Waals surface area (Å²) in [5.41, 5.74) is -0.473. The minimum Gasteiger partial charge on any atom is -0.480 e. The Balaban J connectivity index is 4.14. The van der Waals surface area contributed by atoms with E-state index in [9.17, 15) is 9.59 Å². The Labute approximate surface area is 108 Å². The van der Waals surface area contributed by atoms with Gasteiger partial charge in [-0.2, -0.15) is 0 Å². The summed E-state index contributed by atoms with van der Waals surface area (Å²) in [5.74, 6) is -1.01. The van der Waals surface area contributed by atoms with Crippen LogP contribution >= 0.6 is 0 Å². The van der Waals surface area contributed by atoms with Crippen LogP contribution in [0.15, 0.2) is 0 Å². The number of aliphatic carboxylic acids is 1. The number of hydrogen-bond acceptors (Lipinski definition) is 3. The summed E-state index contributed by atoms with van der Waals surface area (Å²) in [4.78, 5) is 22.5. The summed E-state index contributed by atoms with van der Waals surface area (Å²) in [6.45, 7) is 5.95. The molecule has 0 saturated carbocycles. The third kappa shape index (κ3) is 7.11. The molecule has 0 aromatic rings. The summed E-state index contributed by atoms with van der Waals surface area (Å²) in [7, 11) is 1.56. The molecule has 0 aromatic heterocycles. The molecule has 18 heavy (non-hydrogen) atoms. The fraction of sp³-hybridized carbons (Fsp3) is 0.833. The van der Waals surface area contributed by atoms with E-state index in [1.165, 1.54) is 0 Å². The Morgan fingerprint density at radius 1 is 1.39 bits per heavy atom. The van der Waals surface area contributed by atoms with Crippen molar-refractivity contribution in [3.8, 4) is 0 Å². The van der Waals surface area contributed by atoms with E-state index in [4.69, 9.17) is 9.84 Å². The number of carboxylic acid groups (broad SMARTS) is 1. The molecule has 0 heterocycles. The van der Waals surface area contributed by atoms with Crippen LogP contribution in [-0.4, -0.2) is 42.4 Å². The lowest BCUT2D eigenvalue weighted by Gasteiger charge is -2.24. The van der Waals surface area contributed by atoms with E-state index in [-0.39, 0.29) is 0 Å². The van der Waals surface area contributed by atoms with E-state index in [1.807, 2.05) is 20.8 Å². The highest BCUT2D eigenvalue weighted by Gasteiger charge is 2.21. The molecule has 0 rings (SSSR count). The predicted octanol–water partition coefficient (Wildman–Crippen LogP) is 1.35. The molecule has 0 bridgehead atoms. The fourth-order valence-corrected chi connectivity index (χ4v) is 1.24. The number of rotatable bonds is 8. The van der Waals surface area contributed by atoms with E-state index in [0.717, 1.165) is 12.8 Å². The maximum absolute atomic E-state index is 11.5. The first-order valence-electron chi connectivity index (χ1n) is 6.14. The van der Waals surface area contributed by atoms with Gasteiger partial charge in [0.2, 0.25) is 0 Å². The quantitative estimate of drug-likeness (QED) is 0.615. The van der Waals surface area contributed by atoms with Crippen molar-refractivity contribution in [3.63, 3.8) is 0 Å². The average molecular weight is 260 g/mol. The van der Waals surface area contributed by atoms with Gasteiger partial charge >= 0.3 is 12.0 Å². The molecule has 0 aliphatic carbocycles. The van der Waals surface area contributed by atoms with E-state index in [0.29, 0.717) is 13.0 Å². The smallest absolute Gasteiger partial charge is 0.326 e. The SMILES string of the molecule is CCCCC(NC(=O)NCC(C)(C)OC)C(=O)O. The van der Waals surface area contributed by atoms with Crippen molar-refractivity contribution in [1.82, 2.24) is 10.6 Å². The average Bonchev–Trinajstić information content (AvgIpc) is 2.31. The Kier molecular flexibility index (Phi) is 7.35. The van der Waals surface area contributed by atoms with Crippen LogP contribution in [0.3, 0.4) is 0 Å². The first-order chi connectivity index (χ1) is 8.32. The number of carbonyl (C=O) groups excluding carboxylic acids is 1. The molecule has 0 radical (unpaired) electrons. The van der Waals surface area contributed by atoms with Crippen LogP contribution in [-0.2, 0) is 9.53 Å². The van der Waals surface area contributed by atoms with Crippen molar-refractivity contribution in [1.29, 1.82) is 0 Å². The highest BCUT2D eigenvalue weighted by atomic mass is 16.5. The van der Waals surface area contributed by atoms with Gasteiger partial charge in [0.1, 0.15) is 6.04 Å². The Morgan fingerprint density at radius 3 is 2.44 bits per heavy atom. The molecule has 3 N–H and O–H groups in total. The van der Waals surface area contributed by atoms with E-state index in [1.54, 1.807) is 7.11 Å². The number of carbonyl (C=O) groups is 2. The maximum atomic E-state index is 11.5. The molecule has 0 aliphatic heterocycles. The summed E-state index contributed by atoms with van der Waals surface area (Å²) < 4.78 is 5.15. The van der Waals surface area contributed by atoms with Crippen LogP contribution in [0.1, 0.15) is 40.0 Å². The van der Waals surface area contributed by atoms with Crippen molar-refractivity contribution in [2.24, 2.45) is 0 Å². The molecule has 0 aliphatic rings. The number of ether oxygens (including phenoxy) is 1. The van der Waals surface area contributed by atoms with Gasteiger partial charge in [0.05, 0.1) is 5.60 Å². The molecular formula is C12H24N2O4. The van der Waals surface area contributed by atoms with Gasteiger partial charge in [-0.3, -0.25) is 0 Å². The summed E-state index contributed by atoms with van der Waals surface area (Å²) >= 11 is 0. The van der Waals surface area contributed by atoms with Crippen molar-refractivity contribution in [2.45, 2.75) is 51.7 Å². The molecule has 6 heteroatoms. The van der Waals surface area contributed by atoms with Crippen LogP contribution in [0.5, 0.6) is 0 Å². The van der Waals surface area contributed by atoms with Gasteiger partial charge in [0, 0.05) is 13.7 Å². The Hall–Kier alpha value is -1.30. The second kappa shape index (κ2) is 7.92. The van der Waals surface area contributed by atoms with Crippen LogP contribution < -0.4 is 10.6 Å². The predicted molar refractivity (Wildman–Crippen MR) is 68.6 cm³/mol. The number of methoxy groups -OCH3 is 1. The highest BCUT2D eigenvalue weighted by molar-refractivity contribution is 5.82. The lowest BCUT2D eigenvalue weighted by Crippen LogP contribution is -2.49. The van der Waals surface area contributed by atoms with E-state index >= 15 is 0 Å². The first kappa shape index (κ1) is 16.7. The van der Waals surface area contributed by atoms with Crippen LogP contribution in [0.4, 0.5) is 4.79 Å². The lowest BCUT2D eigenvalue weighted by atomic mass is 10.1. The summed E-state index contributed by atoms with van der Waals surface area (Å²) in [6, 6.07) is -1.32. The third-order valence-electron chi connectivity index (χ3n) is 2.68. The zero-order chi connectivity index (χ0) is 14.2. The molecule has 1 unspecified atom stereocenters. The van der Waals surface area contributed by atoms with Crippen molar-refractivity contribution < 1.29 is 19.4 Å². The van der Waals surface area contributed by atoms with Gasteiger partial charge in [0.15, 0.2) is 0 Å². The van der Waals surface area contributed by atoms with Gasteiger partial charge in [-0.15, -0.1) is 0 Å². The lowest BCUT2D eigenvalue weighted by molar-refractivity contribution is -0.139. The van der Waals surface area contributed by atoms with Crippen molar-refractivity contribution in [2.75, 3.05) is 13.7 Å². The molecule has 1 atom stereocenters. The van der Waals surface area contributed by atoms with E-state index in [2.05, 4.69) is 10.6 Å². The summed E-state index contributed by atoms with van der Waals surface area (Å²) in [6.07, 6.45) is 2.09. The molecule has 2 amide bonds. The number of amides is 2. The molecule has 0 saturated heterocycles. The monoisotopic (exact) mass is 260 g/mol. The molecule has 0 fully saturated rings. The van der Waals surface area contributed by atoms with Crippen LogP contribution in [0.25, 0.3) is 0 Å². The fourth-order valence-electron chi connectivity index (χ4n) is 1.24. The molecule has 0 spiro atoms. The van der Waals surface area contributed by atoms with Gasteiger partial charge in [0.25, 0.3) is 0 Å². The number of hydrogen-bond donors (Lipinski definition) is 3. The van der Waals surface area contributed by atoms with Crippen LogP contribution in [0, 0.1) is 0 Å². The van der Waals surface area contributed by atoms with E-state index < -0.39 is 23.6 Å². The molecule has 0 aromatic carbocycles. The van der Waals surface area contributed by atoms with Gasteiger partial charge in [-0.25, -0.2) is 9.59 Å². The number of carboxylic acids is 1. The molecule has 6 nitrogen and oxygen atoms in total. The number of urea groups is 1. The first-order valence-corrected chi connectivity index (χ1v) is 6.14. The standard InChI is InChI=1S/C12H24N2O4/c1-5-6-7-9(10(15)16)14-11(17)13-8-12(2,3)18-4/h9H,5-8H2,1-4H3,(H,15,16)(H2,13,14,17). The van der Waals surface area contributed by atoms with Crippen molar-refractivity contribution in [3.05, 3.63) is 0 Å². The number of nitrogens with one attached hydrogen (secondary N) is 2. The van der Waals surface area contributed by atoms with Gasteiger partial charge in [-0.05, 0) is 20.3 Å². The Morgan fingerprint density at radius 2 is 2.00 bits per heavy atom. The van der Waals surface area contributed by atoms with Gasteiger partial charge < -0.3 is 20.5 Å². The minimum absolute atomic E-state index is 0.315. The Bertz CT molecular complexity index is 279. The van der Waals surface area contributed by atoms with Crippen molar-refractivity contribution >= 4 is 12.0 Å². The minimum atomic E-state index is -1.01. The zero-order valence-corrected chi connectivity index (χ0v) is 11.6. The largest absolute Gasteiger partial charge is 0.480 e. The summed E-state index contributed by atoms with van der Waals surface area (Å²) in [5, 5.41) is 14.0. The number of unbranched alkanes of at least 4 members (excludes halogenated alkanes) is 1. The third-order valence-corrected chi connectivity index (χ3v) is 2.68.